The molecule has 0 spiro atoms. The van der Waals surface area contributed by atoms with Crippen LogP contribution >= 0.6 is 0 Å². The molecule has 3 rings (SSSR count). The normalized spacial score (nSPS) is 15.4. The van der Waals surface area contributed by atoms with E-state index in [0.29, 0.717) is 12.8 Å². The minimum atomic E-state index is -4.82. The number of hydrogen-bond donors (Lipinski definition) is 4. The van der Waals surface area contributed by atoms with Gasteiger partial charge in [-0.2, -0.15) is 16.8 Å². The first-order valence-corrected chi connectivity index (χ1v) is 15.7. The zero-order valence-electron chi connectivity index (χ0n) is 17.4. The molecule has 2 aromatic rings. The summed E-state index contributed by atoms with van der Waals surface area (Å²) >= 11 is 0. The summed E-state index contributed by atoms with van der Waals surface area (Å²) < 4.78 is 118. The lowest BCUT2D eigenvalue weighted by Crippen LogP contribution is -2.17. The van der Waals surface area contributed by atoms with E-state index < -0.39 is 55.3 Å². The average Bonchev–Trinajstić information content (AvgIpc) is 3.50. The minimum absolute atomic E-state index is 0.0912. The highest BCUT2D eigenvalue weighted by molar-refractivity contribution is 7.93. The van der Waals surface area contributed by atoms with Gasteiger partial charge in [0.15, 0.2) is 0 Å². The Morgan fingerprint density at radius 3 is 1.50 bits per heavy atom. The van der Waals surface area contributed by atoms with Crippen LogP contribution in [0.5, 0.6) is 0 Å². The molecule has 0 bridgehead atoms. The van der Waals surface area contributed by atoms with Gasteiger partial charge in [0.05, 0.1) is 11.5 Å². The third kappa shape index (κ3) is 6.77. The van der Waals surface area contributed by atoms with E-state index >= 15 is 0 Å². The van der Waals surface area contributed by atoms with Gasteiger partial charge in [0.1, 0.15) is 9.79 Å². The van der Waals surface area contributed by atoms with Crippen molar-refractivity contribution < 1.29 is 42.8 Å². The summed E-state index contributed by atoms with van der Waals surface area (Å²) in [6.07, 6.45) is 4.05. The maximum Gasteiger partial charge on any atom is 0.295 e. The summed E-state index contributed by atoms with van der Waals surface area (Å²) in [5, 5.41) is -0.569. The Morgan fingerprint density at radius 2 is 1.15 bits per heavy atom. The zero-order chi connectivity index (χ0) is 25.5. The molecule has 1 fully saturated rings. The maximum atomic E-state index is 12.1. The monoisotopic (exact) mass is 552 g/mol. The molecule has 16 heteroatoms. The van der Waals surface area contributed by atoms with Crippen LogP contribution in [0.25, 0.3) is 12.2 Å². The Morgan fingerprint density at radius 1 is 0.735 bits per heavy atom. The van der Waals surface area contributed by atoms with E-state index in [0.717, 1.165) is 30.5 Å². The highest BCUT2D eigenvalue weighted by Crippen LogP contribution is 2.31. The fraction of sp³-hybridized carbons (Fsp3) is 0.222. The number of hydrogen-bond acceptors (Lipinski definition) is 8. The molecule has 12 nitrogen and oxygen atoms in total. The molecule has 0 radical (unpaired) electrons. The Labute approximate surface area is 197 Å². The van der Waals surface area contributed by atoms with Crippen molar-refractivity contribution in [2.75, 3.05) is 15.7 Å². The second-order valence-corrected chi connectivity index (χ2v) is 14.0. The lowest BCUT2D eigenvalue weighted by atomic mass is 10.1. The molecule has 0 atom stereocenters. The molecule has 0 aliphatic heterocycles. The van der Waals surface area contributed by atoms with Crippen molar-refractivity contribution in [3.63, 3.8) is 0 Å². The van der Waals surface area contributed by atoms with Crippen LogP contribution in [0.3, 0.4) is 0 Å². The van der Waals surface area contributed by atoms with Crippen LogP contribution in [-0.2, 0) is 40.3 Å². The van der Waals surface area contributed by atoms with Gasteiger partial charge in [0.25, 0.3) is 20.2 Å². The van der Waals surface area contributed by atoms with E-state index in [1.807, 2.05) is 0 Å². The summed E-state index contributed by atoms with van der Waals surface area (Å²) in [7, 11) is -17.1. The minimum Gasteiger partial charge on any atom is -0.284 e. The van der Waals surface area contributed by atoms with Gasteiger partial charge in [-0.25, -0.2) is 16.8 Å². The first kappa shape index (κ1) is 26.1. The molecule has 4 N–H and O–H groups in total. The third-order valence-corrected chi connectivity index (χ3v) is 8.85. The van der Waals surface area contributed by atoms with Crippen molar-refractivity contribution in [2.45, 2.75) is 27.9 Å². The molecule has 1 aliphatic rings. The van der Waals surface area contributed by atoms with E-state index in [1.165, 1.54) is 24.3 Å². The molecule has 0 saturated heterocycles. The van der Waals surface area contributed by atoms with Gasteiger partial charge in [-0.1, -0.05) is 24.3 Å². The van der Waals surface area contributed by atoms with Gasteiger partial charge < -0.3 is 0 Å². The fourth-order valence-electron chi connectivity index (χ4n) is 2.94. The number of benzene rings is 2. The zero-order valence-corrected chi connectivity index (χ0v) is 20.7. The first-order chi connectivity index (χ1) is 15.5. The lowest BCUT2D eigenvalue weighted by Gasteiger charge is -2.11. The summed E-state index contributed by atoms with van der Waals surface area (Å²) in [6, 6.07) is 6.62. The Balaban J connectivity index is 2.03. The molecule has 186 valence electrons. The fourth-order valence-corrected chi connectivity index (χ4v) is 6.29. The molecule has 2 aromatic carbocycles. The molecule has 34 heavy (non-hydrogen) atoms. The highest BCUT2D eigenvalue weighted by Gasteiger charge is 2.35. The quantitative estimate of drug-likeness (QED) is 0.262. The molecule has 0 aromatic heterocycles. The van der Waals surface area contributed by atoms with Crippen molar-refractivity contribution >= 4 is 63.8 Å². The van der Waals surface area contributed by atoms with Crippen LogP contribution in [-0.4, -0.2) is 54.3 Å². The summed E-state index contributed by atoms with van der Waals surface area (Å²) in [6.45, 7) is 0. The van der Waals surface area contributed by atoms with Crippen LogP contribution in [0, 0.1) is 0 Å². The number of sulfonamides is 2. The van der Waals surface area contributed by atoms with Gasteiger partial charge in [-0.05, 0) is 48.2 Å². The van der Waals surface area contributed by atoms with E-state index in [4.69, 9.17) is 0 Å². The van der Waals surface area contributed by atoms with Crippen molar-refractivity contribution in [3.8, 4) is 0 Å². The molecular formula is C18H20N2O10S4. The highest BCUT2D eigenvalue weighted by atomic mass is 32.2. The van der Waals surface area contributed by atoms with Gasteiger partial charge in [0.2, 0.25) is 20.0 Å². The van der Waals surface area contributed by atoms with Crippen LogP contribution in [0.4, 0.5) is 11.4 Å². The van der Waals surface area contributed by atoms with Gasteiger partial charge in [-0.3, -0.25) is 18.5 Å². The maximum absolute atomic E-state index is 12.1. The predicted octanol–water partition coefficient (Wildman–Crippen LogP) is 1.63. The summed E-state index contributed by atoms with van der Waals surface area (Å²) in [4.78, 5) is -1.32. The Hall–Kier alpha value is -2.50. The van der Waals surface area contributed by atoms with Crippen LogP contribution in [0.1, 0.15) is 24.0 Å². The SMILES string of the molecule is CS(=O)(=O)Nc1ccc(/C=C/c2ccc(NS(=O)(=O)C3CC3)cc2S(=O)(=O)O)c(S(=O)(=O)O)c1. The largest absolute Gasteiger partial charge is 0.295 e. The number of nitrogens with one attached hydrogen (secondary N) is 2. The van der Waals surface area contributed by atoms with Gasteiger partial charge >= 0.3 is 0 Å². The van der Waals surface area contributed by atoms with E-state index in [1.54, 1.807) is 0 Å². The van der Waals surface area contributed by atoms with Crippen molar-refractivity contribution in [2.24, 2.45) is 0 Å². The van der Waals surface area contributed by atoms with Crippen LogP contribution in [0.15, 0.2) is 46.2 Å². The van der Waals surface area contributed by atoms with Crippen LogP contribution in [0.2, 0.25) is 0 Å². The Kier molecular flexibility index (Phi) is 6.86. The molecule has 1 aliphatic carbocycles. The third-order valence-electron chi connectivity index (χ3n) is 4.55. The molecular weight excluding hydrogens is 532 g/mol. The second kappa shape index (κ2) is 8.94. The molecule has 1 saturated carbocycles. The van der Waals surface area contributed by atoms with E-state index in [-0.39, 0.29) is 22.5 Å². The molecule has 0 heterocycles. The smallest absolute Gasteiger partial charge is 0.284 e. The number of anilines is 2. The topological polar surface area (TPSA) is 201 Å². The van der Waals surface area contributed by atoms with Gasteiger partial charge in [0, 0.05) is 11.4 Å². The predicted molar refractivity (Wildman–Crippen MR) is 125 cm³/mol. The van der Waals surface area contributed by atoms with Crippen molar-refractivity contribution in [1.29, 1.82) is 0 Å². The molecule has 0 amide bonds. The summed E-state index contributed by atoms with van der Waals surface area (Å²) in [5.74, 6) is 0. The standard InChI is InChI=1S/C18H20N2O10S4/c1-31(21,22)19-14-6-4-12(17(10-14)33(25,26)27)2-3-13-5-7-15(11-18(13)34(28,29)30)20-32(23,24)16-8-9-16/h2-7,10-11,16,19-20H,8-9H2,1H3,(H,25,26,27)(H,28,29,30)/b3-2+. The van der Waals surface area contributed by atoms with Crippen molar-refractivity contribution in [3.05, 3.63) is 47.5 Å². The average molecular weight is 553 g/mol. The molecule has 0 unspecified atom stereocenters. The van der Waals surface area contributed by atoms with Crippen LogP contribution < -0.4 is 9.44 Å². The second-order valence-electron chi connectivity index (χ2n) is 7.51. The Bertz CT molecular complexity index is 1590. The first-order valence-electron chi connectivity index (χ1n) is 9.36. The number of rotatable bonds is 9. The van der Waals surface area contributed by atoms with Crippen molar-refractivity contribution in [1.82, 2.24) is 0 Å². The lowest BCUT2D eigenvalue weighted by molar-refractivity contribution is 0.480. The van der Waals surface area contributed by atoms with E-state index in [9.17, 15) is 42.8 Å². The van der Waals surface area contributed by atoms with Gasteiger partial charge in [-0.15, -0.1) is 0 Å². The van der Waals surface area contributed by atoms with E-state index in [2.05, 4.69) is 9.44 Å². The summed E-state index contributed by atoms with van der Waals surface area (Å²) in [5.41, 5.74) is -0.470.